The Bertz CT molecular complexity index is 615. The third-order valence-corrected chi connectivity index (χ3v) is 3.51. The number of amides is 1. The highest BCUT2D eigenvalue weighted by molar-refractivity contribution is 6.34. The van der Waals surface area contributed by atoms with E-state index in [0.717, 1.165) is 5.56 Å². The van der Waals surface area contributed by atoms with Crippen molar-refractivity contribution in [1.29, 1.82) is 0 Å². The number of hydrogen-bond acceptors (Lipinski definition) is 3. The standard InChI is InChI=1S/C15H14Cl2N2O2/c1-10(11-4-3-5-18-9-11)19(2)15(20)21-14-7-12(16)6-13(17)8-14/h3-10H,1-2H3. The maximum absolute atomic E-state index is 12.1. The van der Waals surface area contributed by atoms with E-state index < -0.39 is 6.09 Å². The van der Waals surface area contributed by atoms with Gasteiger partial charge in [-0.05, 0) is 36.8 Å². The van der Waals surface area contributed by atoms with Gasteiger partial charge in [-0.2, -0.15) is 0 Å². The summed E-state index contributed by atoms with van der Waals surface area (Å²) in [4.78, 5) is 17.7. The molecule has 1 aromatic carbocycles. The Morgan fingerprint density at radius 3 is 2.52 bits per heavy atom. The van der Waals surface area contributed by atoms with E-state index in [1.54, 1.807) is 25.5 Å². The molecule has 4 nitrogen and oxygen atoms in total. The number of carbonyl (C=O) groups excluding carboxylic acids is 1. The number of halogens is 2. The lowest BCUT2D eigenvalue weighted by atomic mass is 10.1. The van der Waals surface area contributed by atoms with Gasteiger partial charge in [0.25, 0.3) is 0 Å². The van der Waals surface area contributed by atoms with Crippen LogP contribution >= 0.6 is 23.2 Å². The molecular weight excluding hydrogens is 311 g/mol. The summed E-state index contributed by atoms with van der Waals surface area (Å²) in [7, 11) is 1.66. The Labute approximate surface area is 133 Å². The van der Waals surface area contributed by atoms with Gasteiger partial charge in [0.15, 0.2) is 0 Å². The van der Waals surface area contributed by atoms with Gasteiger partial charge in [0.05, 0.1) is 6.04 Å². The third-order valence-electron chi connectivity index (χ3n) is 3.08. The first-order valence-corrected chi connectivity index (χ1v) is 7.03. The zero-order valence-corrected chi connectivity index (χ0v) is 13.1. The van der Waals surface area contributed by atoms with Crippen molar-refractivity contribution < 1.29 is 9.53 Å². The van der Waals surface area contributed by atoms with E-state index in [1.165, 1.54) is 17.0 Å². The van der Waals surface area contributed by atoms with Crippen LogP contribution < -0.4 is 4.74 Å². The van der Waals surface area contributed by atoms with Crippen molar-refractivity contribution in [3.63, 3.8) is 0 Å². The number of nitrogens with zero attached hydrogens (tertiary/aromatic N) is 2. The van der Waals surface area contributed by atoms with Crippen LogP contribution in [0.2, 0.25) is 10.0 Å². The molecule has 0 aliphatic rings. The average molecular weight is 325 g/mol. The van der Waals surface area contributed by atoms with Gasteiger partial charge < -0.3 is 9.64 Å². The first-order chi connectivity index (χ1) is 9.97. The van der Waals surface area contributed by atoms with Crippen LogP contribution in [0.1, 0.15) is 18.5 Å². The summed E-state index contributed by atoms with van der Waals surface area (Å²) in [5.74, 6) is 0.308. The molecule has 0 fully saturated rings. The van der Waals surface area contributed by atoms with Gasteiger partial charge in [-0.3, -0.25) is 4.98 Å². The van der Waals surface area contributed by atoms with E-state index >= 15 is 0 Å². The SMILES string of the molecule is CC(c1cccnc1)N(C)C(=O)Oc1cc(Cl)cc(Cl)c1. The molecule has 110 valence electrons. The topological polar surface area (TPSA) is 42.4 Å². The van der Waals surface area contributed by atoms with Gasteiger partial charge >= 0.3 is 6.09 Å². The first-order valence-electron chi connectivity index (χ1n) is 6.28. The number of rotatable bonds is 3. The second-order valence-electron chi connectivity index (χ2n) is 4.55. The van der Waals surface area contributed by atoms with E-state index in [1.807, 2.05) is 19.1 Å². The van der Waals surface area contributed by atoms with Gasteiger partial charge in [-0.15, -0.1) is 0 Å². The number of aromatic nitrogens is 1. The Morgan fingerprint density at radius 2 is 1.95 bits per heavy atom. The Kier molecular flexibility index (Phi) is 5.04. The van der Waals surface area contributed by atoms with Crippen LogP contribution in [0.3, 0.4) is 0 Å². The zero-order valence-electron chi connectivity index (χ0n) is 11.6. The molecule has 0 spiro atoms. The summed E-state index contributed by atoms with van der Waals surface area (Å²) < 4.78 is 5.28. The maximum atomic E-state index is 12.1. The van der Waals surface area contributed by atoms with Gasteiger partial charge in [0.1, 0.15) is 5.75 Å². The summed E-state index contributed by atoms with van der Waals surface area (Å²) in [5, 5.41) is 0.821. The minimum Gasteiger partial charge on any atom is -0.410 e. The molecule has 2 aromatic rings. The molecule has 21 heavy (non-hydrogen) atoms. The van der Waals surface area contributed by atoms with Crippen LogP contribution in [-0.4, -0.2) is 23.0 Å². The van der Waals surface area contributed by atoms with Crippen molar-refractivity contribution in [2.24, 2.45) is 0 Å². The first kappa shape index (κ1) is 15.6. The quantitative estimate of drug-likeness (QED) is 0.829. The summed E-state index contributed by atoms with van der Waals surface area (Å²) in [6, 6.07) is 8.20. The lowest BCUT2D eigenvalue weighted by Gasteiger charge is -2.24. The van der Waals surface area contributed by atoms with Crippen molar-refractivity contribution in [3.05, 3.63) is 58.3 Å². The smallest absolute Gasteiger partial charge is 0.410 e. The van der Waals surface area contributed by atoms with Crippen LogP contribution in [0.25, 0.3) is 0 Å². The van der Waals surface area contributed by atoms with Crippen molar-refractivity contribution in [2.75, 3.05) is 7.05 Å². The molecule has 1 atom stereocenters. The molecule has 0 aliphatic heterocycles. The Balaban J connectivity index is 2.09. The Hall–Kier alpha value is -1.78. The number of hydrogen-bond donors (Lipinski definition) is 0. The predicted molar refractivity (Wildman–Crippen MR) is 82.9 cm³/mol. The molecule has 0 saturated carbocycles. The molecular formula is C15H14Cl2N2O2. The lowest BCUT2D eigenvalue weighted by Crippen LogP contribution is -2.32. The van der Waals surface area contributed by atoms with Crippen LogP contribution in [0.15, 0.2) is 42.7 Å². The third kappa shape index (κ3) is 4.09. The van der Waals surface area contributed by atoms with E-state index in [0.29, 0.717) is 15.8 Å². The highest BCUT2D eigenvalue weighted by atomic mass is 35.5. The normalized spacial score (nSPS) is 11.8. The molecule has 6 heteroatoms. The highest BCUT2D eigenvalue weighted by Gasteiger charge is 2.19. The second kappa shape index (κ2) is 6.78. The minimum absolute atomic E-state index is 0.166. The number of carbonyl (C=O) groups is 1. The van der Waals surface area contributed by atoms with Crippen molar-refractivity contribution in [2.45, 2.75) is 13.0 Å². The van der Waals surface area contributed by atoms with E-state index in [9.17, 15) is 4.79 Å². The number of ether oxygens (including phenoxy) is 1. The number of benzene rings is 1. The van der Waals surface area contributed by atoms with E-state index in [4.69, 9.17) is 27.9 Å². The average Bonchev–Trinajstić information content (AvgIpc) is 2.45. The molecule has 0 aliphatic carbocycles. The van der Waals surface area contributed by atoms with Gasteiger partial charge in [-0.25, -0.2) is 4.79 Å². The molecule has 2 rings (SSSR count). The summed E-state index contributed by atoms with van der Waals surface area (Å²) in [6.07, 6.45) is 2.90. The summed E-state index contributed by atoms with van der Waals surface area (Å²) in [6.45, 7) is 1.89. The van der Waals surface area contributed by atoms with Gasteiger partial charge in [-0.1, -0.05) is 29.3 Å². The molecule has 0 saturated heterocycles. The van der Waals surface area contributed by atoms with Crippen molar-refractivity contribution in [1.82, 2.24) is 9.88 Å². The monoisotopic (exact) mass is 324 g/mol. The minimum atomic E-state index is -0.496. The fourth-order valence-corrected chi connectivity index (χ4v) is 2.27. The molecule has 0 radical (unpaired) electrons. The predicted octanol–water partition coefficient (Wildman–Crippen LogP) is 4.58. The largest absolute Gasteiger partial charge is 0.415 e. The fraction of sp³-hybridized carbons (Fsp3) is 0.200. The fourth-order valence-electron chi connectivity index (χ4n) is 1.77. The molecule has 1 aromatic heterocycles. The van der Waals surface area contributed by atoms with E-state index in [-0.39, 0.29) is 6.04 Å². The Morgan fingerprint density at radius 1 is 1.29 bits per heavy atom. The number of pyridine rings is 1. The summed E-state index contributed by atoms with van der Waals surface area (Å²) in [5.41, 5.74) is 0.918. The van der Waals surface area contributed by atoms with Gasteiger partial charge in [0, 0.05) is 29.5 Å². The van der Waals surface area contributed by atoms with Crippen molar-refractivity contribution >= 4 is 29.3 Å². The lowest BCUT2D eigenvalue weighted by molar-refractivity contribution is 0.149. The van der Waals surface area contributed by atoms with Crippen LogP contribution in [-0.2, 0) is 0 Å². The molecule has 1 unspecified atom stereocenters. The van der Waals surface area contributed by atoms with E-state index in [2.05, 4.69) is 4.98 Å². The molecule has 1 amide bonds. The highest BCUT2D eigenvalue weighted by Crippen LogP contribution is 2.25. The van der Waals surface area contributed by atoms with Crippen LogP contribution in [0.5, 0.6) is 5.75 Å². The maximum Gasteiger partial charge on any atom is 0.415 e. The molecule has 1 heterocycles. The second-order valence-corrected chi connectivity index (χ2v) is 5.42. The summed E-state index contributed by atoms with van der Waals surface area (Å²) >= 11 is 11.7. The zero-order chi connectivity index (χ0) is 15.4. The molecule has 0 bridgehead atoms. The van der Waals surface area contributed by atoms with Crippen LogP contribution in [0, 0.1) is 0 Å². The van der Waals surface area contributed by atoms with Crippen LogP contribution in [0.4, 0.5) is 4.79 Å². The van der Waals surface area contributed by atoms with Gasteiger partial charge in [0.2, 0.25) is 0 Å². The molecule has 0 N–H and O–H groups in total. The van der Waals surface area contributed by atoms with Crippen molar-refractivity contribution in [3.8, 4) is 5.75 Å².